The minimum atomic E-state index is -0.411. The summed E-state index contributed by atoms with van der Waals surface area (Å²) < 4.78 is 5.82. The molecule has 0 aliphatic heterocycles. The van der Waals surface area contributed by atoms with E-state index in [0.29, 0.717) is 22.3 Å². The maximum Gasteiger partial charge on any atom is 0.293 e. The first-order valence-corrected chi connectivity index (χ1v) is 10.3. The van der Waals surface area contributed by atoms with Gasteiger partial charge in [-0.05, 0) is 48.7 Å². The molecule has 5 heteroatoms. The molecule has 31 heavy (non-hydrogen) atoms. The zero-order valence-electron chi connectivity index (χ0n) is 17.6. The van der Waals surface area contributed by atoms with E-state index in [-0.39, 0.29) is 18.1 Å². The minimum absolute atomic E-state index is 0.0818. The van der Waals surface area contributed by atoms with Crippen molar-refractivity contribution in [2.24, 2.45) is 0 Å². The van der Waals surface area contributed by atoms with Crippen LogP contribution in [0.2, 0.25) is 0 Å². The number of carbonyl (C=O) groups is 2. The van der Waals surface area contributed by atoms with Crippen LogP contribution in [0.5, 0.6) is 0 Å². The molecular weight excluding hydrogens is 388 g/mol. The van der Waals surface area contributed by atoms with E-state index in [4.69, 9.17) is 4.42 Å². The summed E-state index contributed by atoms with van der Waals surface area (Å²) in [5, 5.41) is 6.44. The molecule has 0 bridgehead atoms. The highest BCUT2D eigenvalue weighted by molar-refractivity contribution is 6.14. The molecule has 3 aromatic carbocycles. The molecule has 0 saturated carbocycles. The second kappa shape index (κ2) is 8.88. The molecule has 4 aromatic rings. The fourth-order valence-electron chi connectivity index (χ4n) is 3.53. The quantitative estimate of drug-likeness (QED) is 0.424. The Labute approximate surface area is 181 Å². The Morgan fingerprint density at radius 3 is 2.39 bits per heavy atom. The molecule has 5 nitrogen and oxygen atoms in total. The maximum absolute atomic E-state index is 13.0. The van der Waals surface area contributed by atoms with Gasteiger partial charge < -0.3 is 15.1 Å². The number of fused-ring (bicyclic) bond motifs is 1. The predicted octanol–water partition coefficient (Wildman–Crippen LogP) is 5.74. The summed E-state index contributed by atoms with van der Waals surface area (Å²) in [4.78, 5) is 25.7. The molecule has 0 aliphatic rings. The summed E-state index contributed by atoms with van der Waals surface area (Å²) in [6.45, 7) is 4.06. The summed E-state index contributed by atoms with van der Waals surface area (Å²) >= 11 is 0. The lowest BCUT2D eigenvalue weighted by molar-refractivity contribution is -0.115. The maximum atomic E-state index is 13.0. The normalized spacial score (nSPS) is 10.8. The van der Waals surface area contributed by atoms with Gasteiger partial charge in [-0.15, -0.1) is 0 Å². The van der Waals surface area contributed by atoms with Crippen LogP contribution in [0.3, 0.4) is 0 Å². The molecular formula is C26H24N2O3. The van der Waals surface area contributed by atoms with E-state index in [1.54, 1.807) is 6.07 Å². The fourth-order valence-corrected chi connectivity index (χ4v) is 3.53. The third-order valence-corrected chi connectivity index (χ3v) is 5.13. The van der Waals surface area contributed by atoms with Gasteiger partial charge in [0.15, 0.2) is 0 Å². The summed E-state index contributed by atoms with van der Waals surface area (Å²) in [5.74, 6) is -0.539. The van der Waals surface area contributed by atoms with Crippen LogP contribution in [0.1, 0.15) is 34.2 Å². The number of carbonyl (C=O) groups excluding carboxylic acids is 2. The third kappa shape index (κ3) is 4.67. The zero-order chi connectivity index (χ0) is 21.8. The van der Waals surface area contributed by atoms with Crippen LogP contribution in [0, 0.1) is 6.92 Å². The number of rotatable bonds is 6. The first-order valence-electron chi connectivity index (χ1n) is 10.3. The van der Waals surface area contributed by atoms with Gasteiger partial charge in [0.05, 0.1) is 6.42 Å². The number of anilines is 2. The highest BCUT2D eigenvalue weighted by Gasteiger charge is 2.22. The second-order valence-electron chi connectivity index (χ2n) is 7.52. The molecule has 0 radical (unpaired) electrons. The van der Waals surface area contributed by atoms with Crippen LogP contribution in [0.25, 0.3) is 11.0 Å². The number of furan rings is 1. The summed E-state index contributed by atoms with van der Waals surface area (Å²) in [6, 6.07) is 22.7. The average molecular weight is 412 g/mol. The first-order chi connectivity index (χ1) is 15.0. The van der Waals surface area contributed by atoms with Crippen molar-refractivity contribution in [3.05, 3.63) is 95.2 Å². The molecule has 2 N–H and O–H groups in total. The molecule has 0 spiro atoms. The van der Waals surface area contributed by atoms with Gasteiger partial charge in [0.25, 0.3) is 5.91 Å². The van der Waals surface area contributed by atoms with E-state index in [9.17, 15) is 9.59 Å². The van der Waals surface area contributed by atoms with Crippen LogP contribution in [0.4, 0.5) is 11.4 Å². The molecule has 4 rings (SSSR count). The van der Waals surface area contributed by atoms with Crippen molar-refractivity contribution < 1.29 is 14.0 Å². The lowest BCUT2D eigenvalue weighted by atomic mass is 10.1. The van der Waals surface area contributed by atoms with E-state index < -0.39 is 5.91 Å². The smallest absolute Gasteiger partial charge is 0.293 e. The Balaban J connectivity index is 1.60. The lowest BCUT2D eigenvalue weighted by Crippen LogP contribution is -2.18. The summed E-state index contributed by atoms with van der Waals surface area (Å²) in [5.41, 5.74) is 4.78. The highest BCUT2D eigenvalue weighted by atomic mass is 16.3. The van der Waals surface area contributed by atoms with Crippen molar-refractivity contribution in [2.45, 2.75) is 26.7 Å². The van der Waals surface area contributed by atoms with Crippen LogP contribution in [-0.2, 0) is 17.6 Å². The number of hydrogen-bond acceptors (Lipinski definition) is 3. The van der Waals surface area contributed by atoms with Gasteiger partial charge in [0, 0.05) is 11.1 Å². The SMILES string of the molecule is CCc1ccc(NC(=O)c2oc3ccccc3c2NC(=O)Cc2cccc(C)c2)cc1. The van der Waals surface area contributed by atoms with E-state index in [2.05, 4.69) is 17.6 Å². The van der Waals surface area contributed by atoms with Gasteiger partial charge in [-0.3, -0.25) is 9.59 Å². The van der Waals surface area contributed by atoms with Gasteiger partial charge in [-0.25, -0.2) is 0 Å². The molecule has 1 heterocycles. The number of aryl methyl sites for hydroxylation is 2. The Hall–Kier alpha value is -3.86. The highest BCUT2D eigenvalue weighted by Crippen LogP contribution is 2.31. The number of benzene rings is 3. The molecule has 0 saturated heterocycles. The third-order valence-electron chi connectivity index (χ3n) is 5.13. The van der Waals surface area contributed by atoms with E-state index in [0.717, 1.165) is 17.5 Å². The predicted molar refractivity (Wildman–Crippen MR) is 123 cm³/mol. The Kier molecular flexibility index (Phi) is 5.85. The molecule has 0 fully saturated rings. The first kappa shape index (κ1) is 20.4. The van der Waals surface area contributed by atoms with Gasteiger partial charge in [-0.2, -0.15) is 0 Å². The lowest BCUT2D eigenvalue weighted by Gasteiger charge is -2.08. The zero-order valence-corrected chi connectivity index (χ0v) is 17.6. The van der Waals surface area contributed by atoms with Gasteiger partial charge in [0.1, 0.15) is 11.3 Å². The summed E-state index contributed by atoms with van der Waals surface area (Å²) in [6.07, 6.45) is 1.13. The average Bonchev–Trinajstić information content (AvgIpc) is 3.13. The fraction of sp³-hybridized carbons (Fsp3) is 0.154. The Morgan fingerprint density at radius 2 is 1.65 bits per heavy atom. The number of amides is 2. The van der Waals surface area contributed by atoms with Gasteiger partial charge in [-0.1, -0.05) is 61.0 Å². The Bertz CT molecular complexity index is 1240. The monoisotopic (exact) mass is 412 g/mol. The largest absolute Gasteiger partial charge is 0.449 e. The van der Waals surface area contributed by atoms with Crippen molar-refractivity contribution in [2.75, 3.05) is 10.6 Å². The van der Waals surface area contributed by atoms with Crippen molar-refractivity contribution in [1.82, 2.24) is 0 Å². The molecule has 0 aliphatic carbocycles. The standard InChI is InChI=1S/C26H24N2O3/c1-3-18-11-13-20(14-12-18)27-26(30)25-24(21-9-4-5-10-22(21)31-25)28-23(29)16-19-8-6-7-17(2)15-19/h4-15H,3,16H2,1-2H3,(H,27,30)(H,28,29). The van der Waals surface area contributed by atoms with Crippen LogP contribution in [-0.4, -0.2) is 11.8 Å². The number of nitrogens with one attached hydrogen (secondary N) is 2. The van der Waals surface area contributed by atoms with Crippen LogP contribution < -0.4 is 10.6 Å². The Morgan fingerprint density at radius 1 is 0.871 bits per heavy atom. The van der Waals surface area contributed by atoms with Crippen molar-refractivity contribution in [1.29, 1.82) is 0 Å². The molecule has 1 aromatic heterocycles. The van der Waals surface area contributed by atoms with Crippen LogP contribution in [0.15, 0.2) is 77.2 Å². The molecule has 0 atom stereocenters. The van der Waals surface area contributed by atoms with E-state index in [1.165, 1.54) is 5.56 Å². The van der Waals surface area contributed by atoms with Crippen LogP contribution >= 0.6 is 0 Å². The van der Waals surface area contributed by atoms with E-state index >= 15 is 0 Å². The van der Waals surface area contributed by atoms with Crippen molar-refractivity contribution >= 4 is 34.2 Å². The van der Waals surface area contributed by atoms with E-state index in [1.807, 2.05) is 73.7 Å². The minimum Gasteiger partial charge on any atom is -0.449 e. The number of para-hydroxylation sites is 1. The molecule has 156 valence electrons. The van der Waals surface area contributed by atoms with Crippen molar-refractivity contribution in [3.8, 4) is 0 Å². The topological polar surface area (TPSA) is 71.3 Å². The molecule has 2 amide bonds. The number of hydrogen-bond donors (Lipinski definition) is 2. The summed E-state index contributed by atoms with van der Waals surface area (Å²) in [7, 11) is 0. The van der Waals surface area contributed by atoms with Gasteiger partial charge >= 0.3 is 0 Å². The van der Waals surface area contributed by atoms with Gasteiger partial charge in [0.2, 0.25) is 11.7 Å². The second-order valence-corrected chi connectivity index (χ2v) is 7.52. The van der Waals surface area contributed by atoms with Crippen molar-refractivity contribution in [3.63, 3.8) is 0 Å². The molecule has 0 unspecified atom stereocenters.